The Morgan fingerprint density at radius 3 is 2.46 bits per heavy atom. The van der Waals surface area contributed by atoms with E-state index in [9.17, 15) is 14.7 Å². The Bertz CT molecular complexity index is 988. The van der Waals surface area contributed by atoms with Gasteiger partial charge in [-0.15, -0.1) is 0 Å². The molecule has 0 saturated heterocycles. The van der Waals surface area contributed by atoms with Crippen LogP contribution in [0.4, 0.5) is 0 Å². The fourth-order valence-corrected chi connectivity index (χ4v) is 9.62. The van der Waals surface area contributed by atoms with E-state index in [1.165, 1.54) is 63.2 Å². The van der Waals surface area contributed by atoms with E-state index in [2.05, 4.69) is 34.3 Å². The minimum atomic E-state index is -0.821. The van der Waals surface area contributed by atoms with Gasteiger partial charge >= 0.3 is 11.9 Å². The van der Waals surface area contributed by atoms with Gasteiger partial charge in [-0.2, -0.15) is 0 Å². The number of carboxylic acid groups (broad SMARTS) is 1. The highest BCUT2D eigenvalue weighted by Gasteiger charge is 2.79. The third-order valence-electron chi connectivity index (χ3n) is 11.7. The molecule has 0 aromatic rings. The first-order chi connectivity index (χ1) is 16.4. The van der Waals surface area contributed by atoms with Crippen LogP contribution >= 0.6 is 0 Å². The molecule has 6 atom stereocenters. The first kappa shape index (κ1) is 26.2. The third kappa shape index (κ3) is 3.76. The van der Waals surface area contributed by atoms with Crippen molar-refractivity contribution in [2.45, 2.75) is 105 Å². The second-order valence-electron chi connectivity index (χ2n) is 12.8. The Hall–Kier alpha value is -1.84. The summed E-state index contributed by atoms with van der Waals surface area (Å²) in [5.74, 6) is 0.323. The molecule has 4 aliphatic rings. The molecule has 0 aromatic carbocycles. The summed E-state index contributed by atoms with van der Waals surface area (Å²) in [7, 11) is 1.50. The Labute approximate surface area is 212 Å². The molecular weight excluding hydrogens is 436 g/mol. The third-order valence-corrected chi connectivity index (χ3v) is 11.7. The van der Waals surface area contributed by atoms with Crippen LogP contribution in [0.25, 0.3) is 0 Å². The van der Waals surface area contributed by atoms with Crippen molar-refractivity contribution >= 4 is 11.9 Å². The molecule has 4 nitrogen and oxygen atoms in total. The van der Waals surface area contributed by atoms with Crippen LogP contribution in [-0.2, 0) is 14.3 Å². The molecule has 0 aromatic heterocycles. The molecule has 4 heteroatoms. The molecule has 1 N–H and O–H groups in total. The normalized spacial score (nSPS) is 41.4. The maximum atomic E-state index is 12.1. The highest BCUT2D eigenvalue weighted by Crippen LogP contribution is 2.87. The van der Waals surface area contributed by atoms with E-state index in [1.54, 1.807) is 12.5 Å². The highest BCUT2D eigenvalue weighted by molar-refractivity contribution is 5.85. The summed E-state index contributed by atoms with van der Waals surface area (Å²) in [6.45, 7) is 15.7. The van der Waals surface area contributed by atoms with Crippen LogP contribution in [0.3, 0.4) is 0 Å². The molecule has 0 bridgehead atoms. The predicted molar refractivity (Wildman–Crippen MR) is 140 cm³/mol. The lowest BCUT2D eigenvalue weighted by Gasteiger charge is -2.59. The molecule has 194 valence electrons. The van der Waals surface area contributed by atoms with Gasteiger partial charge in [0.25, 0.3) is 0 Å². The Kier molecular flexibility index (Phi) is 6.69. The average Bonchev–Trinajstić information content (AvgIpc) is 3.40. The summed E-state index contributed by atoms with van der Waals surface area (Å²) < 4.78 is 5.04. The number of carbonyl (C=O) groups is 2. The molecule has 4 fully saturated rings. The molecule has 0 unspecified atom stereocenters. The molecule has 4 saturated carbocycles. The first-order valence-corrected chi connectivity index (χ1v) is 13.7. The average molecular weight is 483 g/mol. The lowest BCUT2D eigenvalue weighted by molar-refractivity contribution is -0.142. The van der Waals surface area contributed by atoms with Gasteiger partial charge in [0, 0.05) is 12.0 Å². The number of methoxy groups -OCH3 is 1. The van der Waals surface area contributed by atoms with Crippen molar-refractivity contribution in [3.05, 3.63) is 34.9 Å². The Balaban J connectivity index is 1.61. The number of esters is 1. The van der Waals surface area contributed by atoms with Crippen molar-refractivity contribution in [1.82, 2.24) is 0 Å². The lowest BCUT2D eigenvalue weighted by atomic mass is 9.44. The molecule has 4 rings (SSSR count). The number of fused-ring (bicyclic) bond motifs is 2. The monoisotopic (exact) mass is 482 g/mol. The van der Waals surface area contributed by atoms with Crippen molar-refractivity contribution in [3.63, 3.8) is 0 Å². The van der Waals surface area contributed by atoms with Crippen molar-refractivity contribution in [2.75, 3.05) is 7.11 Å². The zero-order valence-electron chi connectivity index (χ0n) is 22.9. The summed E-state index contributed by atoms with van der Waals surface area (Å²) in [6.07, 6.45) is 13.7. The summed E-state index contributed by atoms with van der Waals surface area (Å²) in [4.78, 5) is 23.3. The molecule has 1 spiro atoms. The van der Waals surface area contributed by atoms with Crippen LogP contribution < -0.4 is 0 Å². The van der Waals surface area contributed by atoms with E-state index in [0.29, 0.717) is 29.2 Å². The van der Waals surface area contributed by atoms with Crippen molar-refractivity contribution in [1.29, 1.82) is 0 Å². The number of carboxylic acids is 1. The highest BCUT2D eigenvalue weighted by atomic mass is 16.5. The molecule has 35 heavy (non-hydrogen) atoms. The van der Waals surface area contributed by atoms with Gasteiger partial charge in [-0.05, 0) is 118 Å². The minimum Gasteiger partial charge on any atom is -0.478 e. The smallest absolute Gasteiger partial charge is 0.330 e. The number of aliphatic carboxylic acids is 1. The predicted octanol–water partition coefficient (Wildman–Crippen LogP) is 7.65. The van der Waals surface area contributed by atoms with Crippen LogP contribution in [0.2, 0.25) is 0 Å². The zero-order chi connectivity index (χ0) is 25.8. The van der Waals surface area contributed by atoms with E-state index in [1.807, 2.05) is 6.08 Å². The lowest BCUT2D eigenvalue weighted by Crippen LogP contribution is -2.52. The van der Waals surface area contributed by atoms with Gasteiger partial charge in [-0.25, -0.2) is 4.79 Å². The van der Waals surface area contributed by atoms with E-state index < -0.39 is 5.97 Å². The molecule has 4 aliphatic carbocycles. The second-order valence-corrected chi connectivity index (χ2v) is 12.8. The Morgan fingerprint density at radius 1 is 1.11 bits per heavy atom. The number of rotatable bonds is 8. The summed E-state index contributed by atoms with van der Waals surface area (Å²) in [5.41, 5.74) is 5.94. The number of carbonyl (C=O) groups excluding carboxylic acids is 1. The van der Waals surface area contributed by atoms with E-state index in [0.717, 1.165) is 19.3 Å². The molecule has 0 radical (unpaired) electrons. The number of hydrogen-bond donors (Lipinski definition) is 1. The fraction of sp³-hybridized carbons (Fsp3) is 0.742. The topological polar surface area (TPSA) is 63.6 Å². The van der Waals surface area contributed by atoms with E-state index in [4.69, 9.17) is 4.74 Å². The quantitative estimate of drug-likeness (QED) is 0.219. The number of allylic oxidation sites excluding steroid dienone is 4. The van der Waals surface area contributed by atoms with Crippen LogP contribution in [0.1, 0.15) is 105 Å². The van der Waals surface area contributed by atoms with Gasteiger partial charge in [0.2, 0.25) is 0 Å². The van der Waals surface area contributed by atoms with Gasteiger partial charge in [0.1, 0.15) is 0 Å². The Morgan fingerprint density at radius 2 is 1.83 bits per heavy atom. The molecule has 0 heterocycles. The zero-order valence-corrected chi connectivity index (χ0v) is 22.9. The van der Waals surface area contributed by atoms with Crippen LogP contribution in [0, 0.1) is 33.5 Å². The van der Waals surface area contributed by atoms with Crippen molar-refractivity contribution < 1.29 is 19.4 Å². The summed E-state index contributed by atoms with van der Waals surface area (Å²) in [6, 6.07) is 0. The van der Waals surface area contributed by atoms with Crippen molar-refractivity contribution in [3.8, 4) is 0 Å². The standard InChI is InChI=1S/C31H46O4/c1-20(2)23-11-12-25-29(6)15-13-24(21(3)9-8-10-22(4)27(33)34)28(29,5)17-18-31(25)19-30(23,31)16-14-26(32)35-7/h10,23,25H,1,8-9,11-19H2,2-7H3,(H,33,34)/b22-10-,24-21+/t23-,25-,28+,29-,30+,31-/m0/s1. The minimum absolute atomic E-state index is 0.0789. The van der Waals surface area contributed by atoms with Gasteiger partial charge in [0.05, 0.1) is 7.11 Å². The van der Waals surface area contributed by atoms with Crippen LogP contribution in [0.5, 0.6) is 0 Å². The SMILES string of the molecule is C=C(C)[C@@H]1CC[C@@H]2[C@]3(CC[C@]4(C)/C(=C(\C)CC/C=C(/C)C(=O)O)CC[C@@]24C)C[C@]13CCC(=O)OC. The maximum Gasteiger partial charge on any atom is 0.330 e. The van der Waals surface area contributed by atoms with Gasteiger partial charge in [0.15, 0.2) is 0 Å². The van der Waals surface area contributed by atoms with Gasteiger partial charge in [-0.3, -0.25) is 4.79 Å². The largest absolute Gasteiger partial charge is 0.478 e. The molecule has 0 aliphatic heterocycles. The van der Waals surface area contributed by atoms with Crippen LogP contribution in [-0.4, -0.2) is 24.2 Å². The first-order valence-electron chi connectivity index (χ1n) is 13.7. The molecular formula is C31H46O4. The van der Waals surface area contributed by atoms with Gasteiger partial charge in [-0.1, -0.05) is 43.2 Å². The molecule has 0 amide bonds. The fourth-order valence-electron chi connectivity index (χ4n) is 9.62. The van der Waals surface area contributed by atoms with Crippen LogP contribution in [0.15, 0.2) is 34.9 Å². The summed E-state index contributed by atoms with van der Waals surface area (Å²) in [5, 5.41) is 9.17. The van der Waals surface area contributed by atoms with Gasteiger partial charge < -0.3 is 9.84 Å². The maximum absolute atomic E-state index is 12.1. The summed E-state index contributed by atoms with van der Waals surface area (Å²) >= 11 is 0. The number of ether oxygens (including phenoxy) is 1. The van der Waals surface area contributed by atoms with E-state index >= 15 is 0 Å². The number of hydrogen-bond acceptors (Lipinski definition) is 3. The van der Waals surface area contributed by atoms with Crippen molar-refractivity contribution in [2.24, 2.45) is 33.5 Å². The second kappa shape index (κ2) is 8.92. The van der Waals surface area contributed by atoms with E-state index in [-0.39, 0.29) is 22.2 Å².